The quantitative estimate of drug-likeness (QED) is 0.455. The molecule has 9 heavy (non-hydrogen) atoms. The first-order valence-electron chi connectivity index (χ1n) is 3.19. The van der Waals surface area contributed by atoms with Gasteiger partial charge in [0.1, 0.15) is 0 Å². The zero-order valence-electron chi connectivity index (χ0n) is 8.58. The van der Waals surface area contributed by atoms with E-state index in [1.54, 1.807) is 0 Å². The van der Waals surface area contributed by atoms with Crippen molar-refractivity contribution in [3.05, 3.63) is 0 Å². The second-order valence-corrected chi connectivity index (χ2v) is 3.55. The molecule has 0 bridgehead atoms. The average molecular weight is 139 g/mol. The van der Waals surface area contributed by atoms with Crippen LogP contribution in [0, 0.1) is 0 Å². The molecular formula is C7H18NNa. The van der Waals surface area contributed by atoms with Gasteiger partial charge in [-0.3, -0.25) is 0 Å². The van der Waals surface area contributed by atoms with E-state index in [2.05, 4.69) is 39.9 Å². The summed E-state index contributed by atoms with van der Waals surface area (Å²) in [6.45, 7) is 10.8. The van der Waals surface area contributed by atoms with Crippen LogP contribution in [-0.4, -0.2) is 11.6 Å². The molecule has 0 unspecified atom stereocenters. The van der Waals surface area contributed by atoms with Crippen LogP contribution in [0.5, 0.6) is 0 Å². The van der Waals surface area contributed by atoms with Gasteiger partial charge in [-0.1, -0.05) is 13.8 Å². The molecule has 0 heterocycles. The van der Waals surface area contributed by atoms with E-state index in [1.165, 1.54) is 0 Å². The third kappa shape index (κ3) is 12.2. The molecule has 0 aromatic rings. The third-order valence-corrected chi connectivity index (χ3v) is 0.722. The molecule has 0 amide bonds. The van der Waals surface area contributed by atoms with Gasteiger partial charge >= 0.3 is 29.6 Å². The third-order valence-electron chi connectivity index (χ3n) is 0.722. The van der Waals surface area contributed by atoms with Gasteiger partial charge in [-0.15, -0.1) is 0 Å². The molecule has 0 saturated carbocycles. The van der Waals surface area contributed by atoms with Crippen LogP contribution in [0.25, 0.3) is 0 Å². The van der Waals surface area contributed by atoms with Crippen molar-refractivity contribution in [3.8, 4) is 0 Å². The van der Waals surface area contributed by atoms with Crippen molar-refractivity contribution in [1.29, 1.82) is 0 Å². The van der Waals surface area contributed by atoms with Crippen molar-refractivity contribution < 1.29 is 31.0 Å². The van der Waals surface area contributed by atoms with Crippen LogP contribution in [0.1, 0.15) is 36.0 Å². The number of hydrogen-bond donors (Lipinski definition) is 1. The Kier molecular flexibility index (Phi) is 6.63. The first kappa shape index (κ1) is 12.6. The smallest absolute Gasteiger partial charge is 1.00 e. The van der Waals surface area contributed by atoms with Crippen molar-refractivity contribution in [2.24, 2.45) is 0 Å². The molecule has 0 aliphatic rings. The van der Waals surface area contributed by atoms with E-state index in [4.69, 9.17) is 0 Å². The number of hydrogen-bond acceptors (Lipinski definition) is 1. The van der Waals surface area contributed by atoms with Gasteiger partial charge in [0.15, 0.2) is 0 Å². The molecule has 0 aromatic carbocycles. The summed E-state index contributed by atoms with van der Waals surface area (Å²) in [5, 5.41) is 3.38. The van der Waals surface area contributed by atoms with Gasteiger partial charge in [0.05, 0.1) is 0 Å². The van der Waals surface area contributed by atoms with Gasteiger partial charge in [0, 0.05) is 11.6 Å². The Labute approximate surface area is 82.4 Å². The molecule has 0 aromatic heterocycles. The molecule has 0 radical (unpaired) electrons. The van der Waals surface area contributed by atoms with Gasteiger partial charge in [-0.25, -0.2) is 0 Å². The van der Waals surface area contributed by atoms with Crippen LogP contribution in [-0.2, 0) is 0 Å². The standard InChI is InChI=1S/C7H17N.Na.H/c1-6(2)8-7(3,4)5;;/h6,8H,1-5H3;;/q;+1;-1. The number of rotatable bonds is 1. The molecule has 0 saturated heterocycles. The summed E-state index contributed by atoms with van der Waals surface area (Å²) in [6.07, 6.45) is 0. The fourth-order valence-corrected chi connectivity index (χ4v) is 0.866. The molecule has 0 rings (SSSR count). The molecule has 0 fully saturated rings. The van der Waals surface area contributed by atoms with Crippen LogP contribution in [0.2, 0.25) is 0 Å². The molecule has 52 valence electrons. The molecule has 1 nitrogen and oxygen atoms in total. The molecule has 2 heteroatoms. The van der Waals surface area contributed by atoms with Crippen LogP contribution in [0.4, 0.5) is 0 Å². The fraction of sp³-hybridized carbons (Fsp3) is 1.00. The fourth-order valence-electron chi connectivity index (χ4n) is 0.866. The van der Waals surface area contributed by atoms with E-state index in [-0.39, 0.29) is 36.5 Å². The van der Waals surface area contributed by atoms with Gasteiger partial charge in [-0.05, 0) is 20.8 Å². The summed E-state index contributed by atoms with van der Waals surface area (Å²) in [5.41, 5.74) is 0.272. The van der Waals surface area contributed by atoms with E-state index in [1.807, 2.05) is 0 Å². The monoisotopic (exact) mass is 139 g/mol. The molecular weight excluding hydrogens is 121 g/mol. The van der Waals surface area contributed by atoms with Gasteiger partial charge in [0.2, 0.25) is 0 Å². The van der Waals surface area contributed by atoms with Crippen molar-refractivity contribution in [3.63, 3.8) is 0 Å². The maximum atomic E-state index is 3.38. The van der Waals surface area contributed by atoms with Crippen LogP contribution >= 0.6 is 0 Å². The Morgan fingerprint density at radius 3 is 1.56 bits per heavy atom. The summed E-state index contributed by atoms with van der Waals surface area (Å²) in [6, 6.07) is 0.593. The zero-order chi connectivity index (χ0) is 6.78. The minimum Gasteiger partial charge on any atom is -1.00 e. The first-order valence-corrected chi connectivity index (χ1v) is 3.19. The van der Waals surface area contributed by atoms with Crippen molar-refractivity contribution in [1.82, 2.24) is 5.32 Å². The maximum absolute atomic E-state index is 3.38. The Morgan fingerprint density at radius 2 is 1.56 bits per heavy atom. The normalized spacial score (nSPS) is 11.3. The largest absolute Gasteiger partial charge is 1.00 e. The maximum Gasteiger partial charge on any atom is 1.00 e. The van der Waals surface area contributed by atoms with E-state index in [9.17, 15) is 0 Å². The van der Waals surface area contributed by atoms with Crippen molar-refractivity contribution >= 4 is 0 Å². The second-order valence-electron chi connectivity index (χ2n) is 3.55. The van der Waals surface area contributed by atoms with Gasteiger partial charge < -0.3 is 6.74 Å². The van der Waals surface area contributed by atoms with Crippen molar-refractivity contribution in [2.45, 2.75) is 46.2 Å². The van der Waals surface area contributed by atoms with E-state index >= 15 is 0 Å². The zero-order valence-corrected chi connectivity index (χ0v) is 9.58. The minimum atomic E-state index is 0. The summed E-state index contributed by atoms with van der Waals surface area (Å²) < 4.78 is 0. The second kappa shape index (κ2) is 4.73. The van der Waals surface area contributed by atoms with Crippen LogP contribution in [0.3, 0.4) is 0 Å². The summed E-state index contributed by atoms with van der Waals surface area (Å²) in [4.78, 5) is 0. The van der Waals surface area contributed by atoms with Crippen molar-refractivity contribution in [2.75, 3.05) is 0 Å². The molecule has 0 atom stereocenters. The molecule has 0 aliphatic heterocycles. The topological polar surface area (TPSA) is 12.0 Å². The Balaban J connectivity index is -0.000000245. The minimum absolute atomic E-state index is 0. The predicted octanol–water partition coefficient (Wildman–Crippen LogP) is -1.10. The van der Waals surface area contributed by atoms with E-state index in [0.717, 1.165) is 0 Å². The SMILES string of the molecule is CC(C)NC(C)(C)C.[H-].[Na+]. The van der Waals surface area contributed by atoms with Crippen LogP contribution in [0.15, 0.2) is 0 Å². The summed E-state index contributed by atoms with van der Waals surface area (Å²) in [5.74, 6) is 0. The Hall–Kier alpha value is 0.960. The first-order chi connectivity index (χ1) is 3.42. The summed E-state index contributed by atoms with van der Waals surface area (Å²) >= 11 is 0. The molecule has 0 aliphatic carbocycles. The van der Waals surface area contributed by atoms with Gasteiger partial charge in [0.25, 0.3) is 0 Å². The average Bonchev–Trinajstić information content (AvgIpc) is 1.21. The van der Waals surface area contributed by atoms with Gasteiger partial charge in [-0.2, -0.15) is 0 Å². The molecule has 1 N–H and O–H groups in total. The Morgan fingerprint density at radius 1 is 1.22 bits per heavy atom. The summed E-state index contributed by atoms with van der Waals surface area (Å²) in [7, 11) is 0. The van der Waals surface area contributed by atoms with E-state index in [0.29, 0.717) is 6.04 Å². The van der Waals surface area contributed by atoms with Crippen LogP contribution < -0.4 is 34.9 Å². The number of nitrogens with one attached hydrogen (secondary N) is 1. The predicted molar refractivity (Wildman–Crippen MR) is 39.1 cm³/mol. The molecule has 0 spiro atoms. The Bertz CT molecular complexity index is 68.5. The van der Waals surface area contributed by atoms with E-state index < -0.39 is 0 Å².